The lowest BCUT2D eigenvalue weighted by molar-refractivity contribution is 0.0692. The molecule has 1 saturated carbocycles. The van der Waals surface area contributed by atoms with Gasteiger partial charge in [0.1, 0.15) is 5.56 Å². The van der Waals surface area contributed by atoms with E-state index in [1.165, 1.54) is 7.05 Å². The van der Waals surface area contributed by atoms with E-state index >= 15 is 0 Å². The number of hydrogen-bond donors (Lipinski definition) is 1. The summed E-state index contributed by atoms with van der Waals surface area (Å²) in [6, 6.07) is 0. The van der Waals surface area contributed by atoms with E-state index in [1.807, 2.05) is 0 Å². The van der Waals surface area contributed by atoms with Gasteiger partial charge in [0.05, 0.1) is 0 Å². The lowest BCUT2D eigenvalue weighted by Crippen LogP contribution is -2.41. The van der Waals surface area contributed by atoms with E-state index < -0.39 is 17.2 Å². The Morgan fingerprint density at radius 1 is 1.50 bits per heavy atom. The molecule has 0 spiro atoms. The van der Waals surface area contributed by atoms with Crippen LogP contribution in [0.2, 0.25) is 0 Å². The third-order valence-electron chi connectivity index (χ3n) is 2.70. The highest BCUT2D eigenvalue weighted by atomic mass is 16.4. The van der Waals surface area contributed by atoms with Crippen LogP contribution < -0.4 is 11.2 Å². The van der Waals surface area contributed by atoms with Crippen LogP contribution in [0.3, 0.4) is 0 Å². The Labute approximate surface area is 90.8 Å². The molecule has 1 aliphatic rings. The van der Waals surface area contributed by atoms with Crippen molar-refractivity contribution >= 4 is 5.97 Å². The molecule has 1 aromatic rings. The minimum absolute atomic E-state index is 0.326. The van der Waals surface area contributed by atoms with Gasteiger partial charge < -0.3 is 9.67 Å². The van der Waals surface area contributed by atoms with Crippen molar-refractivity contribution in [3.05, 3.63) is 32.6 Å². The first kappa shape index (κ1) is 10.7. The van der Waals surface area contributed by atoms with Crippen molar-refractivity contribution in [2.75, 3.05) is 0 Å². The fourth-order valence-electron chi connectivity index (χ4n) is 1.59. The highest BCUT2D eigenvalue weighted by Crippen LogP contribution is 2.29. The zero-order valence-corrected chi connectivity index (χ0v) is 8.84. The Morgan fingerprint density at radius 3 is 2.62 bits per heavy atom. The molecular formula is C10H12N2O4. The maximum absolute atomic E-state index is 11.7. The molecule has 6 heteroatoms. The van der Waals surface area contributed by atoms with Crippen molar-refractivity contribution < 1.29 is 9.90 Å². The van der Waals surface area contributed by atoms with Gasteiger partial charge in [0.15, 0.2) is 0 Å². The molecule has 0 unspecified atom stereocenters. The number of carboxylic acids is 1. The molecule has 0 radical (unpaired) electrons. The zero-order chi connectivity index (χ0) is 11.9. The Hall–Kier alpha value is -1.85. The quantitative estimate of drug-likeness (QED) is 0.761. The van der Waals surface area contributed by atoms with Gasteiger partial charge in [-0.2, -0.15) is 0 Å². The van der Waals surface area contributed by atoms with Crippen LogP contribution in [0, 0.1) is 5.92 Å². The van der Waals surface area contributed by atoms with Crippen LogP contribution in [0.1, 0.15) is 23.2 Å². The lowest BCUT2D eigenvalue weighted by Gasteiger charge is -2.07. The summed E-state index contributed by atoms with van der Waals surface area (Å²) in [5, 5.41) is 8.83. The van der Waals surface area contributed by atoms with Gasteiger partial charge in [-0.05, 0) is 18.8 Å². The van der Waals surface area contributed by atoms with Crippen LogP contribution in [0.4, 0.5) is 0 Å². The maximum atomic E-state index is 11.7. The SMILES string of the molecule is Cn1cc(C(=O)O)c(=O)n(CC2CC2)c1=O. The molecule has 1 fully saturated rings. The molecule has 1 aliphatic carbocycles. The van der Waals surface area contributed by atoms with Gasteiger partial charge >= 0.3 is 11.7 Å². The van der Waals surface area contributed by atoms with Crippen LogP contribution in [-0.2, 0) is 13.6 Å². The van der Waals surface area contributed by atoms with E-state index in [1.54, 1.807) is 0 Å². The van der Waals surface area contributed by atoms with Gasteiger partial charge in [-0.15, -0.1) is 0 Å². The van der Waals surface area contributed by atoms with Gasteiger partial charge in [-0.3, -0.25) is 9.36 Å². The predicted molar refractivity (Wildman–Crippen MR) is 55.6 cm³/mol. The minimum Gasteiger partial charge on any atom is -0.477 e. The second-order valence-electron chi connectivity index (χ2n) is 4.10. The lowest BCUT2D eigenvalue weighted by atomic mass is 10.3. The monoisotopic (exact) mass is 224 g/mol. The second-order valence-corrected chi connectivity index (χ2v) is 4.10. The summed E-state index contributed by atoms with van der Waals surface area (Å²) in [7, 11) is 1.44. The smallest absolute Gasteiger partial charge is 0.342 e. The number of nitrogens with zero attached hydrogens (tertiary/aromatic N) is 2. The zero-order valence-electron chi connectivity index (χ0n) is 8.84. The molecule has 0 atom stereocenters. The molecule has 0 saturated heterocycles. The number of aromatic nitrogens is 2. The fraction of sp³-hybridized carbons (Fsp3) is 0.500. The largest absolute Gasteiger partial charge is 0.477 e. The number of aryl methyl sites for hydroxylation is 1. The number of carboxylic acid groups (broad SMARTS) is 1. The van der Waals surface area contributed by atoms with Crippen molar-refractivity contribution in [1.82, 2.24) is 9.13 Å². The molecule has 0 bridgehead atoms. The van der Waals surface area contributed by atoms with E-state index in [0.29, 0.717) is 12.5 Å². The summed E-state index contributed by atoms with van der Waals surface area (Å²) in [5.74, 6) is -0.959. The summed E-state index contributed by atoms with van der Waals surface area (Å²) in [5.41, 5.74) is -1.52. The van der Waals surface area contributed by atoms with E-state index in [4.69, 9.17) is 5.11 Å². The highest BCUT2D eigenvalue weighted by molar-refractivity contribution is 5.86. The normalized spacial score (nSPS) is 15.1. The molecule has 1 N–H and O–H groups in total. The fourth-order valence-corrected chi connectivity index (χ4v) is 1.59. The summed E-state index contributed by atoms with van der Waals surface area (Å²) < 4.78 is 2.15. The number of rotatable bonds is 3. The molecule has 1 heterocycles. The van der Waals surface area contributed by atoms with Crippen LogP contribution in [0.25, 0.3) is 0 Å². The van der Waals surface area contributed by atoms with Gasteiger partial charge in [0, 0.05) is 19.8 Å². The summed E-state index contributed by atoms with van der Waals surface area (Å²) in [6.45, 7) is 0.326. The molecule has 0 aromatic carbocycles. The maximum Gasteiger partial charge on any atom is 0.342 e. The molecular weight excluding hydrogens is 212 g/mol. The van der Waals surface area contributed by atoms with E-state index in [0.717, 1.165) is 28.2 Å². The Balaban J connectivity index is 2.60. The van der Waals surface area contributed by atoms with E-state index in [-0.39, 0.29) is 5.56 Å². The van der Waals surface area contributed by atoms with Crippen LogP contribution in [0.15, 0.2) is 15.8 Å². The van der Waals surface area contributed by atoms with Crippen molar-refractivity contribution in [2.45, 2.75) is 19.4 Å². The number of hydrogen-bond acceptors (Lipinski definition) is 3. The predicted octanol–water partition coefficient (Wildman–Crippen LogP) is -0.345. The first-order valence-corrected chi connectivity index (χ1v) is 5.04. The molecule has 0 aliphatic heterocycles. The third-order valence-corrected chi connectivity index (χ3v) is 2.70. The Morgan fingerprint density at radius 2 is 2.12 bits per heavy atom. The van der Waals surface area contributed by atoms with E-state index in [2.05, 4.69) is 0 Å². The van der Waals surface area contributed by atoms with Crippen molar-refractivity contribution in [1.29, 1.82) is 0 Å². The molecule has 86 valence electrons. The average molecular weight is 224 g/mol. The molecule has 16 heavy (non-hydrogen) atoms. The summed E-state index contributed by atoms with van der Waals surface area (Å²) in [4.78, 5) is 34.2. The van der Waals surface area contributed by atoms with Crippen molar-refractivity contribution in [2.24, 2.45) is 13.0 Å². The Bertz CT molecular complexity index is 551. The molecule has 0 amide bonds. The summed E-state index contributed by atoms with van der Waals surface area (Å²) >= 11 is 0. The van der Waals surface area contributed by atoms with Crippen molar-refractivity contribution in [3.63, 3.8) is 0 Å². The Kier molecular flexibility index (Phi) is 2.41. The first-order chi connectivity index (χ1) is 7.50. The second kappa shape index (κ2) is 3.62. The van der Waals surface area contributed by atoms with Gasteiger partial charge in [0.2, 0.25) is 0 Å². The van der Waals surface area contributed by atoms with Crippen molar-refractivity contribution in [3.8, 4) is 0 Å². The highest BCUT2D eigenvalue weighted by Gasteiger charge is 2.25. The van der Waals surface area contributed by atoms with Crippen LogP contribution >= 0.6 is 0 Å². The van der Waals surface area contributed by atoms with Gasteiger partial charge in [-0.25, -0.2) is 9.59 Å². The summed E-state index contributed by atoms with van der Waals surface area (Å²) in [6.07, 6.45) is 3.05. The van der Waals surface area contributed by atoms with Gasteiger partial charge in [-0.1, -0.05) is 0 Å². The standard InChI is InChI=1S/C10H12N2O4/c1-11-5-7(9(14)15)8(13)12(10(11)16)4-6-2-3-6/h5-6H,2-4H2,1H3,(H,14,15). The number of aromatic carboxylic acids is 1. The number of carbonyl (C=O) groups is 1. The van der Waals surface area contributed by atoms with Gasteiger partial charge in [0.25, 0.3) is 5.56 Å². The minimum atomic E-state index is -1.30. The van der Waals surface area contributed by atoms with Crippen LogP contribution in [-0.4, -0.2) is 20.2 Å². The average Bonchev–Trinajstić information content (AvgIpc) is 3.01. The van der Waals surface area contributed by atoms with E-state index in [9.17, 15) is 14.4 Å². The molecule has 6 nitrogen and oxygen atoms in total. The van der Waals surface area contributed by atoms with Crippen LogP contribution in [0.5, 0.6) is 0 Å². The molecule has 2 rings (SSSR count). The third kappa shape index (κ3) is 1.78. The topological polar surface area (TPSA) is 81.3 Å². The molecule has 1 aromatic heterocycles. The first-order valence-electron chi connectivity index (χ1n) is 5.04.